The van der Waals surface area contributed by atoms with Gasteiger partial charge in [0.2, 0.25) is 11.7 Å². The largest absolute Gasteiger partial charge is 0.307 e. The number of hydroxylamine groups is 1. The molecule has 1 aliphatic carbocycles. The summed E-state index contributed by atoms with van der Waals surface area (Å²) in [4.78, 5) is 25.4. The van der Waals surface area contributed by atoms with E-state index in [1.54, 1.807) is 0 Å². The van der Waals surface area contributed by atoms with Crippen LogP contribution in [-0.4, -0.2) is 34.9 Å². The van der Waals surface area contributed by atoms with E-state index in [-0.39, 0.29) is 24.1 Å². The third kappa shape index (κ3) is 7.06. The van der Waals surface area contributed by atoms with E-state index in [4.69, 9.17) is 5.21 Å². The molecule has 0 spiro atoms. The zero-order valence-electron chi connectivity index (χ0n) is 22.1. The molecule has 0 aliphatic heterocycles. The molecule has 0 unspecified atom stereocenters. The third-order valence-electron chi connectivity index (χ3n) is 7.02. The van der Waals surface area contributed by atoms with E-state index in [9.17, 15) is 31.5 Å². The molecule has 6 nitrogen and oxygen atoms in total. The van der Waals surface area contributed by atoms with E-state index in [1.807, 2.05) is 24.3 Å². The summed E-state index contributed by atoms with van der Waals surface area (Å²) in [5, 5.41) is 8.88. The minimum absolute atomic E-state index is 0.107. The highest BCUT2D eigenvalue weighted by Gasteiger charge is 2.28. The van der Waals surface area contributed by atoms with Gasteiger partial charge in [0.1, 0.15) is 4.90 Å². The number of nitrogens with zero attached hydrogens (tertiary/aromatic N) is 2. The Balaban J connectivity index is 1.56. The van der Waals surface area contributed by atoms with Crippen LogP contribution in [0.1, 0.15) is 59.5 Å². The SMILES string of the molecule is CN(CC(=O)N(Cc1ccc(C2CCCCC2)cc1)c1ccc(C(=O)NO)cc1)Sc1c(F)c(F)c(F)c(F)c1F. The maximum atomic E-state index is 14.2. The highest BCUT2D eigenvalue weighted by atomic mass is 32.2. The first kappa shape index (κ1) is 30.5. The molecule has 2 N–H and O–H groups in total. The third-order valence-corrected chi connectivity index (χ3v) is 8.00. The number of rotatable bonds is 9. The van der Waals surface area contributed by atoms with E-state index >= 15 is 0 Å². The molecule has 3 aromatic rings. The number of carbonyl (C=O) groups is 2. The molecular formula is C29H28F5N3O3S. The Morgan fingerprint density at radius 2 is 1.41 bits per heavy atom. The molecule has 41 heavy (non-hydrogen) atoms. The lowest BCUT2D eigenvalue weighted by atomic mass is 9.84. The van der Waals surface area contributed by atoms with Crippen LogP contribution in [0.3, 0.4) is 0 Å². The van der Waals surface area contributed by atoms with Crippen molar-refractivity contribution in [3.63, 3.8) is 0 Å². The van der Waals surface area contributed by atoms with Crippen LogP contribution in [0.5, 0.6) is 0 Å². The van der Waals surface area contributed by atoms with Crippen molar-refractivity contribution in [3.05, 3.63) is 94.3 Å². The van der Waals surface area contributed by atoms with Crippen LogP contribution in [0, 0.1) is 29.1 Å². The Kier molecular flexibility index (Phi) is 10.0. The average molecular weight is 594 g/mol. The number of carbonyl (C=O) groups excluding carboxylic acids is 2. The number of hydrogen-bond acceptors (Lipinski definition) is 5. The molecule has 0 bridgehead atoms. The van der Waals surface area contributed by atoms with Crippen molar-refractivity contribution in [1.29, 1.82) is 0 Å². The van der Waals surface area contributed by atoms with Crippen LogP contribution >= 0.6 is 11.9 Å². The predicted octanol–water partition coefficient (Wildman–Crippen LogP) is 6.72. The molecule has 0 atom stereocenters. The summed E-state index contributed by atoms with van der Waals surface area (Å²) in [6.45, 7) is -0.348. The van der Waals surface area contributed by atoms with Crippen molar-refractivity contribution in [2.24, 2.45) is 0 Å². The van der Waals surface area contributed by atoms with E-state index < -0.39 is 52.3 Å². The van der Waals surface area contributed by atoms with Gasteiger partial charge >= 0.3 is 0 Å². The number of likely N-dealkylation sites (N-methyl/N-ethyl adjacent to an activating group) is 1. The zero-order valence-corrected chi connectivity index (χ0v) is 22.9. The minimum Gasteiger partial charge on any atom is -0.307 e. The molecule has 0 heterocycles. The summed E-state index contributed by atoms with van der Waals surface area (Å²) < 4.78 is 70.2. The van der Waals surface area contributed by atoms with Gasteiger partial charge in [0, 0.05) is 11.3 Å². The second-order valence-electron chi connectivity index (χ2n) is 9.82. The van der Waals surface area contributed by atoms with Crippen LogP contribution < -0.4 is 10.4 Å². The molecule has 0 saturated heterocycles. The van der Waals surface area contributed by atoms with Crippen molar-refractivity contribution < 1.29 is 36.7 Å². The molecule has 3 aromatic carbocycles. The topological polar surface area (TPSA) is 72.9 Å². The van der Waals surface area contributed by atoms with E-state index in [0.717, 1.165) is 22.7 Å². The number of nitrogens with one attached hydrogen (secondary N) is 1. The summed E-state index contributed by atoms with van der Waals surface area (Å²) in [6, 6.07) is 13.7. The van der Waals surface area contributed by atoms with Gasteiger partial charge in [-0.1, -0.05) is 43.5 Å². The van der Waals surface area contributed by atoms with E-state index in [0.29, 0.717) is 11.6 Å². The first-order valence-corrected chi connectivity index (χ1v) is 13.7. The summed E-state index contributed by atoms with van der Waals surface area (Å²) in [5.74, 6) is -11.2. The smallest absolute Gasteiger partial charge is 0.274 e. The number of halogens is 5. The number of amides is 2. The zero-order chi connectivity index (χ0) is 29.7. The Hall–Kier alpha value is -3.48. The number of benzene rings is 3. The van der Waals surface area contributed by atoms with Gasteiger partial charge < -0.3 is 4.90 Å². The van der Waals surface area contributed by atoms with Crippen molar-refractivity contribution in [2.45, 2.75) is 49.5 Å². The first-order chi connectivity index (χ1) is 19.6. The molecule has 2 amide bonds. The summed E-state index contributed by atoms with van der Waals surface area (Å²) in [7, 11) is 1.28. The molecule has 1 saturated carbocycles. The van der Waals surface area contributed by atoms with Crippen molar-refractivity contribution >= 4 is 29.4 Å². The maximum absolute atomic E-state index is 14.2. The summed E-state index contributed by atoms with van der Waals surface area (Å²) in [6.07, 6.45) is 5.88. The van der Waals surface area contributed by atoms with Gasteiger partial charge in [-0.3, -0.25) is 14.8 Å². The fourth-order valence-corrected chi connectivity index (χ4v) is 5.65. The summed E-state index contributed by atoms with van der Waals surface area (Å²) >= 11 is 0.217. The predicted molar refractivity (Wildman–Crippen MR) is 144 cm³/mol. The van der Waals surface area contributed by atoms with Gasteiger partial charge in [-0.2, -0.15) is 0 Å². The Bertz CT molecular complexity index is 1370. The first-order valence-electron chi connectivity index (χ1n) is 12.9. The molecular weight excluding hydrogens is 565 g/mol. The van der Waals surface area contributed by atoms with Gasteiger partial charge in [0.15, 0.2) is 23.3 Å². The standard InChI is InChI=1S/C29H28F5N3O3S/c1-36(41-28-26(33)24(31)23(30)25(32)27(28)34)16-22(38)37(21-13-11-20(12-14-21)29(39)35-40)15-17-7-9-19(10-8-17)18-5-3-2-4-6-18/h7-14,18,40H,2-6,15-16H2,1H3,(H,35,39). The lowest BCUT2D eigenvalue weighted by molar-refractivity contribution is -0.118. The van der Waals surface area contributed by atoms with Gasteiger partial charge in [0.25, 0.3) is 5.91 Å². The van der Waals surface area contributed by atoms with Crippen LogP contribution in [-0.2, 0) is 11.3 Å². The van der Waals surface area contributed by atoms with Gasteiger partial charge in [-0.15, -0.1) is 0 Å². The Morgan fingerprint density at radius 3 is 1.98 bits per heavy atom. The van der Waals surface area contributed by atoms with Crippen LogP contribution in [0.4, 0.5) is 27.6 Å². The molecule has 1 fully saturated rings. The fraction of sp³-hybridized carbons (Fsp3) is 0.310. The molecule has 4 rings (SSSR count). The highest BCUT2D eigenvalue weighted by molar-refractivity contribution is 7.97. The molecule has 12 heteroatoms. The molecule has 1 aliphatic rings. The molecule has 0 aromatic heterocycles. The average Bonchev–Trinajstić information content (AvgIpc) is 3.00. The fourth-order valence-electron chi connectivity index (χ4n) is 4.82. The van der Waals surface area contributed by atoms with Crippen LogP contribution in [0.25, 0.3) is 0 Å². The lowest BCUT2D eigenvalue weighted by Crippen LogP contribution is -2.37. The molecule has 218 valence electrons. The molecule has 0 radical (unpaired) electrons. The quantitative estimate of drug-likeness (QED) is 0.0720. The van der Waals surface area contributed by atoms with Crippen LogP contribution in [0.2, 0.25) is 0 Å². The monoisotopic (exact) mass is 593 g/mol. The van der Waals surface area contributed by atoms with Gasteiger partial charge in [-0.25, -0.2) is 31.7 Å². The maximum Gasteiger partial charge on any atom is 0.274 e. The second-order valence-corrected chi connectivity index (χ2v) is 11.0. The van der Waals surface area contributed by atoms with Gasteiger partial charge in [-0.05, 0) is 73.1 Å². The lowest BCUT2D eigenvalue weighted by Gasteiger charge is -2.26. The second kappa shape index (κ2) is 13.5. The highest BCUT2D eigenvalue weighted by Crippen LogP contribution is 2.34. The Morgan fingerprint density at radius 1 is 0.854 bits per heavy atom. The summed E-state index contributed by atoms with van der Waals surface area (Å²) in [5.41, 5.74) is 4.07. The van der Waals surface area contributed by atoms with Crippen molar-refractivity contribution in [2.75, 3.05) is 18.5 Å². The van der Waals surface area contributed by atoms with Gasteiger partial charge in [0.05, 0.1) is 13.1 Å². The van der Waals surface area contributed by atoms with Crippen molar-refractivity contribution in [1.82, 2.24) is 9.79 Å². The van der Waals surface area contributed by atoms with E-state index in [2.05, 4.69) is 0 Å². The van der Waals surface area contributed by atoms with Crippen molar-refractivity contribution in [3.8, 4) is 0 Å². The number of anilines is 1. The minimum atomic E-state index is -2.26. The van der Waals surface area contributed by atoms with Crippen LogP contribution in [0.15, 0.2) is 53.4 Å². The Labute approximate surface area is 238 Å². The normalized spacial score (nSPS) is 13.9. The number of hydrogen-bond donors (Lipinski definition) is 2. The van der Waals surface area contributed by atoms with E-state index in [1.165, 1.54) is 66.5 Å².